The van der Waals surface area contributed by atoms with E-state index < -0.39 is 4.92 Å². The number of aryl methyl sites for hydroxylation is 1. The van der Waals surface area contributed by atoms with Gasteiger partial charge >= 0.3 is 0 Å². The summed E-state index contributed by atoms with van der Waals surface area (Å²) >= 11 is 5.93. The van der Waals surface area contributed by atoms with E-state index in [-0.39, 0.29) is 16.8 Å². The Hall–Kier alpha value is -2.14. The Morgan fingerprint density at radius 2 is 2.00 bits per heavy atom. The molecule has 0 saturated heterocycles. The van der Waals surface area contributed by atoms with Crippen molar-refractivity contribution in [3.05, 3.63) is 62.9 Å². The molecular formula is C14H14ClN3O2. The fourth-order valence-electron chi connectivity index (χ4n) is 1.93. The summed E-state index contributed by atoms with van der Waals surface area (Å²) in [5, 5.41) is 14.3. The summed E-state index contributed by atoms with van der Waals surface area (Å²) < 4.78 is 0. The predicted octanol–water partition coefficient (Wildman–Crippen LogP) is 4.12. The third-order valence-electron chi connectivity index (χ3n) is 3.07. The van der Waals surface area contributed by atoms with Crippen LogP contribution >= 0.6 is 11.6 Å². The highest BCUT2D eigenvalue weighted by molar-refractivity contribution is 6.33. The molecule has 0 aliphatic carbocycles. The monoisotopic (exact) mass is 291 g/mol. The van der Waals surface area contributed by atoms with Gasteiger partial charge in [0.25, 0.3) is 5.69 Å². The number of nitro groups is 1. The van der Waals surface area contributed by atoms with Crippen LogP contribution < -0.4 is 5.32 Å². The molecule has 2 rings (SSSR count). The van der Waals surface area contributed by atoms with Gasteiger partial charge in [-0.05, 0) is 43.2 Å². The largest absolute Gasteiger partial charge is 0.378 e. The highest BCUT2D eigenvalue weighted by Gasteiger charge is 2.16. The zero-order chi connectivity index (χ0) is 14.7. The van der Waals surface area contributed by atoms with Crippen LogP contribution in [0, 0.1) is 17.0 Å². The lowest BCUT2D eigenvalue weighted by molar-refractivity contribution is -0.384. The molecule has 0 bridgehead atoms. The Kier molecular flexibility index (Phi) is 4.20. The van der Waals surface area contributed by atoms with Gasteiger partial charge in [0.2, 0.25) is 0 Å². The number of nitro benzene ring substituents is 1. The molecule has 1 N–H and O–H groups in total. The number of halogens is 1. The Morgan fingerprint density at radius 1 is 1.35 bits per heavy atom. The summed E-state index contributed by atoms with van der Waals surface area (Å²) in [6, 6.07) is 6.95. The second kappa shape index (κ2) is 5.88. The average Bonchev–Trinajstić information content (AvgIpc) is 2.43. The van der Waals surface area contributed by atoms with Crippen LogP contribution in [-0.4, -0.2) is 9.91 Å². The molecule has 0 aliphatic heterocycles. The van der Waals surface area contributed by atoms with Crippen molar-refractivity contribution in [2.75, 3.05) is 5.32 Å². The van der Waals surface area contributed by atoms with Crippen molar-refractivity contribution >= 4 is 23.0 Å². The number of hydrogen-bond acceptors (Lipinski definition) is 4. The van der Waals surface area contributed by atoms with E-state index in [1.54, 1.807) is 18.5 Å². The molecule has 1 aromatic heterocycles. The Labute approximate surface area is 121 Å². The molecule has 0 spiro atoms. The number of anilines is 1. The van der Waals surface area contributed by atoms with E-state index in [0.29, 0.717) is 0 Å². The van der Waals surface area contributed by atoms with Gasteiger partial charge < -0.3 is 5.32 Å². The molecule has 1 heterocycles. The number of nitrogens with one attached hydrogen (secondary N) is 1. The van der Waals surface area contributed by atoms with Crippen molar-refractivity contribution in [1.29, 1.82) is 0 Å². The number of pyridine rings is 1. The minimum absolute atomic E-state index is 0.0502. The first kappa shape index (κ1) is 14.3. The van der Waals surface area contributed by atoms with Crippen molar-refractivity contribution in [1.82, 2.24) is 4.98 Å². The first-order valence-corrected chi connectivity index (χ1v) is 6.48. The summed E-state index contributed by atoms with van der Waals surface area (Å²) in [4.78, 5) is 14.3. The summed E-state index contributed by atoms with van der Waals surface area (Å²) in [6.07, 6.45) is 3.45. The van der Waals surface area contributed by atoms with Gasteiger partial charge in [0.05, 0.1) is 4.92 Å². The molecule has 0 fully saturated rings. The molecule has 2 aromatic rings. The fourth-order valence-corrected chi connectivity index (χ4v) is 2.16. The zero-order valence-corrected chi connectivity index (χ0v) is 11.9. The second-order valence-electron chi connectivity index (χ2n) is 4.52. The molecule has 1 aromatic carbocycles. The number of hydrogen-bond donors (Lipinski definition) is 1. The minimum Gasteiger partial charge on any atom is -0.378 e. The third kappa shape index (κ3) is 3.05. The van der Waals surface area contributed by atoms with Crippen molar-refractivity contribution in [3.8, 4) is 0 Å². The van der Waals surface area contributed by atoms with Crippen LogP contribution in [0.4, 0.5) is 11.4 Å². The van der Waals surface area contributed by atoms with Crippen LogP contribution in [0.25, 0.3) is 0 Å². The molecule has 0 aliphatic rings. The Morgan fingerprint density at radius 3 is 2.60 bits per heavy atom. The van der Waals surface area contributed by atoms with Crippen LogP contribution in [0.5, 0.6) is 0 Å². The molecule has 6 heteroatoms. The van der Waals surface area contributed by atoms with E-state index >= 15 is 0 Å². The zero-order valence-electron chi connectivity index (χ0n) is 11.1. The van der Waals surface area contributed by atoms with Crippen LogP contribution in [-0.2, 0) is 0 Å². The summed E-state index contributed by atoms with van der Waals surface area (Å²) in [5.41, 5.74) is 2.56. The van der Waals surface area contributed by atoms with Gasteiger partial charge in [-0.15, -0.1) is 0 Å². The first-order valence-electron chi connectivity index (χ1n) is 6.10. The lowest BCUT2D eigenvalue weighted by atomic mass is 10.1. The second-order valence-corrected chi connectivity index (χ2v) is 4.93. The van der Waals surface area contributed by atoms with Crippen LogP contribution in [0.3, 0.4) is 0 Å². The van der Waals surface area contributed by atoms with Crippen LogP contribution in [0.2, 0.25) is 5.02 Å². The van der Waals surface area contributed by atoms with E-state index in [1.165, 1.54) is 6.07 Å². The van der Waals surface area contributed by atoms with Gasteiger partial charge in [-0.25, -0.2) is 0 Å². The Balaban J connectivity index is 2.26. The van der Waals surface area contributed by atoms with Crippen molar-refractivity contribution < 1.29 is 4.92 Å². The highest BCUT2D eigenvalue weighted by Crippen LogP contribution is 2.32. The number of benzene rings is 1. The number of rotatable bonds is 4. The maximum absolute atomic E-state index is 10.8. The lowest BCUT2D eigenvalue weighted by Crippen LogP contribution is -2.08. The van der Waals surface area contributed by atoms with Crippen molar-refractivity contribution in [2.45, 2.75) is 19.9 Å². The fraction of sp³-hybridized carbons (Fsp3) is 0.214. The van der Waals surface area contributed by atoms with E-state index in [9.17, 15) is 10.1 Å². The maximum Gasteiger partial charge on any atom is 0.288 e. The predicted molar refractivity (Wildman–Crippen MR) is 79.1 cm³/mol. The van der Waals surface area contributed by atoms with E-state index in [4.69, 9.17) is 11.6 Å². The minimum atomic E-state index is -0.481. The SMILES string of the molecule is Cc1cc([N+](=O)[O-])c(Cl)cc1NC(C)c1ccncc1. The van der Waals surface area contributed by atoms with Gasteiger partial charge in [0.1, 0.15) is 5.02 Å². The van der Waals surface area contributed by atoms with Crippen molar-refractivity contribution in [2.24, 2.45) is 0 Å². The number of nitrogens with zero attached hydrogens (tertiary/aromatic N) is 2. The van der Waals surface area contributed by atoms with Gasteiger partial charge in [-0.2, -0.15) is 0 Å². The van der Waals surface area contributed by atoms with Crippen LogP contribution in [0.15, 0.2) is 36.7 Å². The van der Waals surface area contributed by atoms with Crippen LogP contribution in [0.1, 0.15) is 24.1 Å². The van der Waals surface area contributed by atoms with Gasteiger partial charge in [-0.3, -0.25) is 15.1 Å². The van der Waals surface area contributed by atoms with Crippen molar-refractivity contribution in [3.63, 3.8) is 0 Å². The summed E-state index contributed by atoms with van der Waals surface area (Å²) in [6.45, 7) is 3.81. The lowest BCUT2D eigenvalue weighted by Gasteiger charge is -2.17. The Bertz CT molecular complexity index is 632. The topological polar surface area (TPSA) is 68.1 Å². The number of aromatic nitrogens is 1. The molecule has 5 nitrogen and oxygen atoms in total. The normalized spacial score (nSPS) is 11.9. The summed E-state index contributed by atoms with van der Waals surface area (Å²) in [7, 11) is 0. The average molecular weight is 292 g/mol. The standard InChI is InChI=1S/C14H14ClN3O2/c1-9-7-14(18(19)20)12(15)8-13(9)17-10(2)11-3-5-16-6-4-11/h3-8,10,17H,1-2H3. The van der Waals surface area contributed by atoms with E-state index in [0.717, 1.165) is 16.8 Å². The molecule has 1 atom stereocenters. The molecule has 0 saturated carbocycles. The smallest absolute Gasteiger partial charge is 0.288 e. The van der Waals surface area contributed by atoms with Gasteiger partial charge in [0, 0.05) is 30.2 Å². The van der Waals surface area contributed by atoms with E-state index in [1.807, 2.05) is 26.0 Å². The molecule has 20 heavy (non-hydrogen) atoms. The first-order chi connectivity index (χ1) is 9.49. The molecular weight excluding hydrogens is 278 g/mol. The molecule has 0 amide bonds. The molecule has 1 unspecified atom stereocenters. The van der Waals surface area contributed by atoms with E-state index in [2.05, 4.69) is 10.3 Å². The highest BCUT2D eigenvalue weighted by atomic mass is 35.5. The summed E-state index contributed by atoms with van der Waals surface area (Å²) in [5.74, 6) is 0. The molecule has 0 radical (unpaired) electrons. The third-order valence-corrected chi connectivity index (χ3v) is 3.37. The quantitative estimate of drug-likeness (QED) is 0.679. The van der Waals surface area contributed by atoms with Gasteiger partial charge in [-0.1, -0.05) is 11.6 Å². The maximum atomic E-state index is 10.8. The van der Waals surface area contributed by atoms with Gasteiger partial charge in [0.15, 0.2) is 0 Å². The molecule has 104 valence electrons.